The van der Waals surface area contributed by atoms with Gasteiger partial charge >= 0.3 is 0 Å². The van der Waals surface area contributed by atoms with Gasteiger partial charge in [0.25, 0.3) is 0 Å². The minimum Gasteiger partial charge on any atom is -0.399 e. The van der Waals surface area contributed by atoms with E-state index in [2.05, 4.69) is 16.8 Å². The van der Waals surface area contributed by atoms with Crippen molar-refractivity contribution in [1.29, 1.82) is 0 Å². The predicted octanol–water partition coefficient (Wildman–Crippen LogP) is 4.00. The van der Waals surface area contributed by atoms with E-state index in [9.17, 15) is 0 Å². The van der Waals surface area contributed by atoms with Crippen molar-refractivity contribution in [2.75, 3.05) is 17.2 Å². The van der Waals surface area contributed by atoms with Crippen LogP contribution in [0.2, 0.25) is 10.0 Å². The van der Waals surface area contributed by atoms with E-state index in [4.69, 9.17) is 28.9 Å². The van der Waals surface area contributed by atoms with Crippen molar-refractivity contribution in [2.45, 2.75) is 13.5 Å². The van der Waals surface area contributed by atoms with Crippen LogP contribution in [0.5, 0.6) is 0 Å². The summed E-state index contributed by atoms with van der Waals surface area (Å²) in [5.74, 6) is 0.741. The molecule has 1 aromatic carbocycles. The Balaban J connectivity index is 2.22. The molecular formula is C14H15Cl2N3. The molecule has 2 N–H and O–H groups in total. The zero-order valence-corrected chi connectivity index (χ0v) is 12.1. The van der Waals surface area contributed by atoms with Crippen molar-refractivity contribution in [3.63, 3.8) is 0 Å². The van der Waals surface area contributed by atoms with Gasteiger partial charge < -0.3 is 10.6 Å². The third kappa shape index (κ3) is 3.52. The number of anilines is 2. The predicted molar refractivity (Wildman–Crippen MR) is 81.8 cm³/mol. The van der Waals surface area contributed by atoms with E-state index in [1.165, 1.54) is 0 Å². The molecule has 2 rings (SSSR count). The van der Waals surface area contributed by atoms with Crippen molar-refractivity contribution < 1.29 is 0 Å². The minimum atomic E-state index is 0.539. The topological polar surface area (TPSA) is 42.1 Å². The normalized spacial score (nSPS) is 10.5. The first-order valence-corrected chi connectivity index (χ1v) is 6.76. The minimum absolute atomic E-state index is 0.539. The molecule has 0 aliphatic carbocycles. The lowest BCUT2D eigenvalue weighted by atomic mass is 10.2. The lowest BCUT2D eigenvalue weighted by Crippen LogP contribution is -2.23. The highest BCUT2D eigenvalue weighted by atomic mass is 35.5. The lowest BCUT2D eigenvalue weighted by Gasteiger charge is -2.23. The third-order valence-electron chi connectivity index (χ3n) is 2.82. The van der Waals surface area contributed by atoms with Gasteiger partial charge in [0.05, 0.1) is 10.0 Å². The lowest BCUT2D eigenvalue weighted by molar-refractivity contribution is 0.814. The maximum Gasteiger partial charge on any atom is 0.147 e. The fourth-order valence-electron chi connectivity index (χ4n) is 1.82. The van der Waals surface area contributed by atoms with Crippen LogP contribution in [0.15, 0.2) is 36.5 Å². The van der Waals surface area contributed by atoms with E-state index < -0.39 is 0 Å². The van der Waals surface area contributed by atoms with Crippen molar-refractivity contribution in [1.82, 2.24) is 4.98 Å². The standard InChI is InChI=1S/C14H15Cl2N3/c1-2-19(9-10-3-5-12(17)6-4-10)14-13(16)7-11(15)8-18-14/h3-8H,2,9,17H2,1H3. The molecule has 5 heteroatoms. The molecule has 0 aliphatic heterocycles. The van der Waals surface area contributed by atoms with Crippen LogP contribution in [0.4, 0.5) is 11.5 Å². The fourth-order valence-corrected chi connectivity index (χ4v) is 2.32. The van der Waals surface area contributed by atoms with Gasteiger partial charge in [-0.2, -0.15) is 0 Å². The number of hydrogen-bond acceptors (Lipinski definition) is 3. The van der Waals surface area contributed by atoms with E-state index in [1.54, 1.807) is 12.3 Å². The van der Waals surface area contributed by atoms with Crippen LogP contribution in [0.3, 0.4) is 0 Å². The van der Waals surface area contributed by atoms with Crippen molar-refractivity contribution >= 4 is 34.7 Å². The van der Waals surface area contributed by atoms with Gasteiger partial charge in [-0.05, 0) is 30.7 Å². The third-order valence-corrected chi connectivity index (χ3v) is 3.31. The zero-order valence-electron chi connectivity index (χ0n) is 10.6. The molecule has 0 atom stereocenters. The van der Waals surface area contributed by atoms with E-state index in [1.807, 2.05) is 24.3 Å². The molecule has 19 heavy (non-hydrogen) atoms. The molecule has 0 saturated heterocycles. The first-order valence-electron chi connectivity index (χ1n) is 6.00. The highest BCUT2D eigenvalue weighted by Crippen LogP contribution is 2.27. The van der Waals surface area contributed by atoms with Gasteiger partial charge in [-0.15, -0.1) is 0 Å². The largest absolute Gasteiger partial charge is 0.399 e. The molecule has 0 unspecified atom stereocenters. The van der Waals surface area contributed by atoms with Crippen LogP contribution < -0.4 is 10.6 Å². The van der Waals surface area contributed by atoms with Gasteiger partial charge in [0, 0.05) is 25.0 Å². The second-order valence-electron chi connectivity index (χ2n) is 4.21. The maximum atomic E-state index is 6.19. The van der Waals surface area contributed by atoms with Crippen molar-refractivity contribution in [3.8, 4) is 0 Å². The fraction of sp³-hybridized carbons (Fsp3) is 0.214. The second kappa shape index (κ2) is 6.13. The summed E-state index contributed by atoms with van der Waals surface area (Å²) < 4.78 is 0. The van der Waals surface area contributed by atoms with E-state index in [0.717, 1.165) is 30.2 Å². The van der Waals surface area contributed by atoms with Gasteiger partial charge in [0.15, 0.2) is 0 Å². The van der Waals surface area contributed by atoms with Gasteiger partial charge in [-0.25, -0.2) is 4.98 Å². The molecule has 1 heterocycles. The van der Waals surface area contributed by atoms with E-state index in [0.29, 0.717) is 10.0 Å². The van der Waals surface area contributed by atoms with Crippen molar-refractivity contribution in [2.24, 2.45) is 0 Å². The molecule has 0 saturated carbocycles. The van der Waals surface area contributed by atoms with Crippen LogP contribution in [-0.4, -0.2) is 11.5 Å². The summed E-state index contributed by atoms with van der Waals surface area (Å²) in [6.45, 7) is 3.59. The Bertz CT molecular complexity index is 555. The molecule has 0 fully saturated rings. The highest BCUT2D eigenvalue weighted by molar-refractivity contribution is 6.36. The van der Waals surface area contributed by atoms with Gasteiger partial charge in [0.2, 0.25) is 0 Å². The molecule has 100 valence electrons. The SMILES string of the molecule is CCN(Cc1ccc(N)cc1)c1ncc(Cl)cc1Cl. The van der Waals surface area contributed by atoms with Gasteiger partial charge in [-0.1, -0.05) is 35.3 Å². The molecule has 0 radical (unpaired) electrons. The molecule has 0 bridgehead atoms. The number of hydrogen-bond donors (Lipinski definition) is 1. The number of pyridine rings is 1. The molecular weight excluding hydrogens is 281 g/mol. The number of nitrogens with two attached hydrogens (primary N) is 1. The summed E-state index contributed by atoms with van der Waals surface area (Å²) in [7, 11) is 0. The molecule has 3 nitrogen and oxygen atoms in total. The Kier molecular flexibility index (Phi) is 4.51. The van der Waals surface area contributed by atoms with Crippen LogP contribution >= 0.6 is 23.2 Å². The molecule has 0 amide bonds. The highest BCUT2D eigenvalue weighted by Gasteiger charge is 2.11. The Morgan fingerprint density at radius 1 is 1.21 bits per heavy atom. The number of aromatic nitrogens is 1. The van der Waals surface area contributed by atoms with Crippen LogP contribution in [0.1, 0.15) is 12.5 Å². The number of rotatable bonds is 4. The Labute approximate surface area is 123 Å². The molecule has 2 aromatic rings. The maximum absolute atomic E-state index is 6.19. The Morgan fingerprint density at radius 2 is 1.89 bits per heavy atom. The Hall–Kier alpha value is -1.45. The number of nitrogens with zero attached hydrogens (tertiary/aromatic N) is 2. The quantitative estimate of drug-likeness (QED) is 0.867. The van der Waals surface area contributed by atoms with E-state index >= 15 is 0 Å². The summed E-state index contributed by atoms with van der Waals surface area (Å²) in [6.07, 6.45) is 1.61. The molecule has 0 spiro atoms. The smallest absolute Gasteiger partial charge is 0.147 e. The van der Waals surface area contributed by atoms with Gasteiger partial charge in [0.1, 0.15) is 5.82 Å². The number of halogens is 2. The summed E-state index contributed by atoms with van der Waals surface area (Å²) in [6, 6.07) is 9.49. The second-order valence-corrected chi connectivity index (χ2v) is 5.06. The number of benzene rings is 1. The van der Waals surface area contributed by atoms with E-state index in [-0.39, 0.29) is 0 Å². The summed E-state index contributed by atoms with van der Waals surface area (Å²) >= 11 is 12.0. The summed E-state index contributed by atoms with van der Waals surface area (Å²) in [5, 5.41) is 1.10. The average Bonchev–Trinajstić information content (AvgIpc) is 2.39. The zero-order chi connectivity index (χ0) is 13.8. The first-order chi connectivity index (χ1) is 9.10. The molecule has 0 aliphatic rings. The van der Waals surface area contributed by atoms with Crippen LogP contribution in [0.25, 0.3) is 0 Å². The van der Waals surface area contributed by atoms with Crippen molar-refractivity contribution in [3.05, 3.63) is 52.1 Å². The average molecular weight is 296 g/mol. The summed E-state index contributed by atoms with van der Waals surface area (Å²) in [5.41, 5.74) is 7.60. The first kappa shape index (κ1) is 14.0. The Morgan fingerprint density at radius 3 is 2.47 bits per heavy atom. The van der Waals surface area contributed by atoms with Crippen LogP contribution in [0, 0.1) is 0 Å². The number of nitrogen functional groups attached to an aromatic ring is 1. The summed E-state index contributed by atoms with van der Waals surface area (Å²) in [4.78, 5) is 6.39. The van der Waals surface area contributed by atoms with Gasteiger partial charge in [-0.3, -0.25) is 0 Å². The monoisotopic (exact) mass is 295 g/mol. The molecule has 1 aromatic heterocycles. The van der Waals surface area contributed by atoms with Crippen LogP contribution in [-0.2, 0) is 6.54 Å².